The molecule has 2 nitrogen and oxygen atoms in total. The number of hydrogen-bond donors (Lipinski definition) is 0. The van der Waals surface area contributed by atoms with E-state index in [1.807, 2.05) is 48.3 Å². The van der Waals surface area contributed by atoms with Crippen LogP contribution in [0.1, 0.15) is 5.56 Å². The van der Waals surface area contributed by atoms with Crippen LogP contribution in [0.5, 0.6) is 0 Å². The van der Waals surface area contributed by atoms with E-state index in [4.69, 9.17) is 11.6 Å². The van der Waals surface area contributed by atoms with Gasteiger partial charge >= 0.3 is 0 Å². The van der Waals surface area contributed by atoms with Crippen LogP contribution in [0, 0.1) is 6.92 Å². The van der Waals surface area contributed by atoms with Gasteiger partial charge in [-0.15, -0.1) is 0 Å². The number of benzene rings is 1. The van der Waals surface area contributed by atoms with E-state index in [2.05, 4.69) is 5.10 Å². The van der Waals surface area contributed by atoms with Crippen molar-refractivity contribution >= 4 is 11.6 Å². The molecule has 0 amide bonds. The lowest BCUT2D eigenvalue weighted by atomic mass is 10.3. The van der Waals surface area contributed by atoms with Crippen LogP contribution in [0.3, 0.4) is 0 Å². The van der Waals surface area contributed by atoms with E-state index in [0.717, 1.165) is 16.3 Å². The van der Waals surface area contributed by atoms with Crippen LogP contribution in [0.4, 0.5) is 0 Å². The predicted octanol–water partition coefficient (Wildman–Crippen LogP) is 2.83. The summed E-state index contributed by atoms with van der Waals surface area (Å²) in [7, 11) is 0. The minimum Gasteiger partial charge on any atom is -0.241 e. The lowest BCUT2D eigenvalue weighted by molar-refractivity contribution is 0.880. The molecule has 0 saturated carbocycles. The normalized spacial score (nSPS) is 10.3. The van der Waals surface area contributed by atoms with Crippen LogP contribution in [0.2, 0.25) is 5.02 Å². The van der Waals surface area contributed by atoms with Gasteiger partial charge in [-0.3, -0.25) is 0 Å². The predicted molar refractivity (Wildman–Crippen MR) is 53.3 cm³/mol. The van der Waals surface area contributed by atoms with Crippen molar-refractivity contribution in [1.82, 2.24) is 9.78 Å². The quantitative estimate of drug-likeness (QED) is 0.680. The van der Waals surface area contributed by atoms with E-state index < -0.39 is 0 Å². The summed E-state index contributed by atoms with van der Waals surface area (Å²) in [6.45, 7) is 2.01. The minimum atomic E-state index is 0.743. The number of halogens is 1. The van der Waals surface area contributed by atoms with Gasteiger partial charge in [-0.25, -0.2) is 4.68 Å². The molecule has 2 aromatic rings. The van der Waals surface area contributed by atoms with Gasteiger partial charge in [0, 0.05) is 11.2 Å². The molecule has 0 aliphatic rings. The van der Waals surface area contributed by atoms with Crippen molar-refractivity contribution in [2.75, 3.05) is 0 Å². The van der Waals surface area contributed by atoms with Gasteiger partial charge in [0.05, 0.1) is 11.9 Å². The zero-order chi connectivity index (χ0) is 9.26. The first kappa shape index (κ1) is 8.32. The Morgan fingerprint density at radius 1 is 1.23 bits per heavy atom. The zero-order valence-electron chi connectivity index (χ0n) is 7.24. The monoisotopic (exact) mass is 192 g/mol. The molecule has 0 atom stereocenters. The summed E-state index contributed by atoms with van der Waals surface area (Å²) < 4.78 is 1.83. The Balaban J connectivity index is 2.41. The van der Waals surface area contributed by atoms with Crippen molar-refractivity contribution < 1.29 is 0 Å². The topological polar surface area (TPSA) is 17.8 Å². The van der Waals surface area contributed by atoms with E-state index in [-0.39, 0.29) is 0 Å². The first-order valence-corrected chi connectivity index (χ1v) is 4.41. The largest absolute Gasteiger partial charge is 0.241 e. The van der Waals surface area contributed by atoms with Crippen molar-refractivity contribution in [1.29, 1.82) is 0 Å². The van der Waals surface area contributed by atoms with E-state index in [1.54, 1.807) is 0 Å². The Morgan fingerprint density at radius 2 is 1.92 bits per heavy atom. The van der Waals surface area contributed by atoms with Gasteiger partial charge in [0.15, 0.2) is 0 Å². The minimum absolute atomic E-state index is 0.743. The summed E-state index contributed by atoms with van der Waals surface area (Å²) in [6.07, 6.45) is 3.80. The summed E-state index contributed by atoms with van der Waals surface area (Å²) in [4.78, 5) is 0. The van der Waals surface area contributed by atoms with E-state index in [9.17, 15) is 0 Å². The number of nitrogens with zero attached hydrogens (tertiary/aromatic N) is 2. The standard InChI is InChI=1S/C10H9ClN2/c1-8-6-12-13(7-8)10-4-2-9(11)3-5-10/h2-7H,1H3. The number of hydrogen-bond acceptors (Lipinski definition) is 1. The fourth-order valence-corrected chi connectivity index (χ4v) is 1.27. The number of aromatic nitrogens is 2. The van der Waals surface area contributed by atoms with Crippen LogP contribution < -0.4 is 0 Å². The average Bonchev–Trinajstić information content (AvgIpc) is 2.53. The molecule has 0 radical (unpaired) electrons. The summed E-state index contributed by atoms with van der Waals surface area (Å²) in [5, 5.41) is 4.93. The van der Waals surface area contributed by atoms with Crippen LogP contribution in [-0.2, 0) is 0 Å². The molecular weight excluding hydrogens is 184 g/mol. The second-order valence-corrected chi connectivity index (χ2v) is 3.38. The van der Waals surface area contributed by atoms with Crippen LogP contribution in [-0.4, -0.2) is 9.78 Å². The summed E-state index contributed by atoms with van der Waals surface area (Å²) in [6, 6.07) is 7.59. The molecule has 3 heteroatoms. The number of rotatable bonds is 1. The SMILES string of the molecule is Cc1cnn(-c2ccc(Cl)cc2)c1. The Kier molecular flexibility index (Phi) is 2.07. The van der Waals surface area contributed by atoms with Gasteiger partial charge < -0.3 is 0 Å². The molecule has 1 heterocycles. The molecule has 0 aliphatic heterocycles. The van der Waals surface area contributed by atoms with Gasteiger partial charge in [-0.2, -0.15) is 5.10 Å². The summed E-state index contributed by atoms with van der Waals surface area (Å²) in [5.41, 5.74) is 2.17. The molecule has 0 aliphatic carbocycles. The molecule has 1 aromatic carbocycles. The molecule has 0 fully saturated rings. The highest BCUT2D eigenvalue weighted by atomic mass is 35.5. The highest BCUT2D eigenvalue weighted by Crippen LogP contribution is 2.12. The third-order valence-electron chi connectivity index (χ3n) is 1.80. The molecule has 13 heavy (non-hydrogen) atoms. The van der Waals surface area contributed by atoms with Crippen LogP contribution >= 0.6 is 11.6 Å². The molecule has 0 spiro atoms. The lowest BCUT2D eigenvalue weighted by Gasteiger charge is -1.99. The third-order valence-corrected chi connectivity index (χ3v) is 2.05. The highest BCUT2D eigenvalue weighted by molar-refractivity contribution is 6.30. The average molecular weight is 193 g/mol. The van der Waals surface area contributed by atoms with Gasteiger partial charge in [0.1, 0.15) is 0 Å². The first-order valence-electron chi connectivity index (χ1n) is 4.03. The molecular formula is C10H9ClN2. The second kappa shape index (κ2) is 3.23. The van der Waals surface area contributed by atoms with E-state index in [1.165, 1.54) is 0 Å². The van der Waals surface area contributed by atoms with Gasteiger partial charge in [0.2, 0.25) is 0 Å². The number of aryl methyl sites for hydroxylation is 1. The van der Waals surface area contributed by atoms with Gasteiger partial charge in [-0.1, -0.05) is 11.6 Å². The van der Waals surface area contributed by atoms with Crippen LogP contribution in [0.25, 0.3) is 5.69 Å². The zero-order valence-corrected chi connectivity index (χ0v) is 7.99. The summed E-state index contributed by atoms with van der Waals surface area (Å²) in [5.74, 6) is 0. The first-order chi connectivity index (χ1) is 6.25. The Bertz CT molecular complexity index is 403. The van der Waals surface area contributed by atoms with Crippen molar-refractivity contribution in [3.05, 3.63) is 47.2 Å². The lowest BCUT2D eigenvalue weighted by Crippen LogP contribution is -1.92. The fraction of sp³-hybridized carbons (Fsp3) is 0.100. The Labute approximate surface area is 81.8 Å². The smallest absolute Gasteiger partial charge is 0.0646 e. The molecule has 0 N–H and O–H groups in total. The highest BCUT2D eigenvalue weighted by Gasteiger charge is 1.96. The van der Waals surface area contributed by atoms with E-state index in [0.29, 0.717) is 0 Å². The fourth-order valence-electron chi connectivity index (χ4n) is 1.15. The van der Waals surface area contributed by atoms with Gasteiger partial charge in [-0.05, 0) is 36.8 Å². The maximum atomic E-state index is 5.77. The second-order valence-electron chi connectivity index (χ2n) is 2.94. The van der Waals surface area contributed by atoms with Crippen molar-refractivity contribution in [3.8, 4) is 5.69 Å². The molecule has 0 unspecified atom stereocenters. The maximum absolute atomic E-state index is 5.77. The van der Waals surface area contributed by atoms with Crippen molar-refractivity contribution in [3.63, 3.8) is 0 Å². The van der Waals surface area contributed by atoms with Crippen molar-refractivity contribution in [2.45, 2.75) is 6.92 Å². The van der Waals surface area contributed by atoms with Crippen LogP contribution in [0.15, 0.2) is 36.7 Å². The molecule has 0 bridgehead atoms. The maximum Gasteiger partial charge on any atom is 0.0646 e. The molecule has 1 aromatic heterocycles. The third kappa shape index (κ3) is 1.73. The van der Waals surface area contributed by atoms with Gasteiger partial charge in [0.25, 0.3) is 0 Å². The summed E-state index contributed by atoms with van der Waals surface area (Å²) >= 11 is 5.77. The molecule has 66 valence electrons. The van der Waals surface area contributed by atoms with E-state index >= 15 is 0 Å². The Morgan fingerprint density at radius 3 is 2.46 bits per heavy atom. The van der Waals surface area contributed by atoms with Crippen molar-refractivity contribution in [2.24, 2.45) is 0 Å². The Hall–Kier alpha value is -1.28. The molecule has 0 saturated heterocycles. The molecule has 2 rings (SSSR count).